The average Bonchev–Trinajstić information content (AvgIpc) is 3.16. The van der Waals surface area contributed by atoms with E-state index in [1.54, 1.807) is 0 Å². The van der Waals surface area contributed by atoms with Gasteiger partial charge in [-0.25, -0.2) is 0 Å². The van der Waals surface area contributed by atoms with Gasteiger partial charge in [-0.2, -0.15) is 0 Å². The highest BCUT2D eigenvalue weighted by Gasteiger charge is 2.25. The summed E-state index contributed by atoms with van der Waals surface area (Å²) in [5.41, 5.74) is 5.42. The number of likely N-dealkylation sites (N-methyl/N-ethyl adjacent to an activating group) is 1. The minimum Gasteiger partial charge on any atom is -0.409 e. The molecular formula is C13H28N4O. The van der Waals surface area contributed by atoms with Crippen molar-refractivity contribution in [1.82, 2.24) is 10.2 Å². The highest BCUT2D eigenvalue weighted by molar-refractivity contribution is 5.85. The van der Waals surface area contributed by atoms with Crippen LogP contribution in [-0.4, -0.2) is 48.7 Å². The molecule has 0 radical (unpaired) electrons. The van der Waals surface area contributed by atoms with Crippen LogP contribution in [0.4, 0.5) is 0 Å². The van der Waals surface area contributed by atoms with Crippen LogP contribution >= 0.6 is 0 Å². The van der Waals surface area contributed by atoms with Gasteiger partial charge in [0.1, 0.15) is 5.84 Å². The number of amidine groups is 1. The number of nitrogens with two attached hydrogens (primary N) is 1. The minimum atomic E-state index is -0.221. The Morgan fingerprint density at radius 2 is 2.11 bits per heavy atom. The van der Waals surface area contributed by atoms with Crippen LogP contribution in [0.1, 0.15) is 39.5 Å². The molecule has 0 atom stereocenters. The number of nitrogens with zero attached hydrogens (tertiary/aromatic N) is 2. The van der Waals surface area contributed by atoms with Crippen molar-refractivity contribution in [2.24, 2.45) is 16.3 Å². The van der Waals surface area contributed by atoms with Crippen LogP contribution < -0.4 is 11.1 Å². The van der Waals surface area contributed by atoms with E-state index in [4.69, 9.17) is 10.9 Å². The molecule has 1 saturated carbocycles. The molecule has 18 heavy (non-hydrogen) atoms. The zero-order valence-corrected chi connectivity index (χ0v) is 11.9. The fraction of sp³-hybridized carbons (Fsp3) is 0.923. The van der Waals surface area contributed by atoms with Crippen molar-refractivity contribution in [3.63, 3.8) is 0 Å². The molecule has 0 heterocycles. The lowest BCUT2D eigenvalue weighted by Crippen LogP contribution is -2.34. The van der Waals surface area contributed by atoms with Gasteiger partial charge >= 0.3 is 0 Å². The number of rotatable bonds is 9. The standard InChI is InChI=1S/C13H28N4O/c1-13(2,12(14)16-18)7-4-8-15-9-10-17(3)11-5-6-11/h11,15,18H,4-10H2,1-3H3,(H2,14,16). The van der Waals surface area contributed by atoms with Crippen LogP contribution in [-0.2, 0) is 0 Å². The largest absolute Gasteiger partial charge is 0.409 e. The Hall–Kier alpha value is -0.810. The van der Waals surface area contributed by atoms with Crippen LogP contribution in [0.5, 0.6) is 0 Å². The van der Waals surface area contributed by atoms with E-state index in [2.05, 4.69) is 22.4 Å². The van der Waals surface area contributed by atoms with E-state index in [0.29, 0.717) is 5.84 Å². The van der Waals surface area contributed by atoms with Crippen LogP contribution in [0.15, 0.2) is 5.16 Å². The summed E-state index contributed by atoms with van der Waals surface area (Å²) >= 11 is 0. The molecule has 0 aromatic rings. The van der Waals surface area contributed by atoms with E-state index < -0.39 is 0 Å². The fourth-order valence-electron chi connectivity index (χ4n) is 2.00. The first-order valence-corrected chi connectivity index (χ1v) is 6.86. The Kier molecular flexibility index (Phi) is 5.88. The predicted molar refractivity (Wildman–Crippen MR) is 74.9 cm³/mol. The predicted octanol–water partition coefficient (Wildman–Crippen LogP) is 1.22. The summed E-state index contributed by atoms with van der Waals surface area (Å²) in [4.78, 5) is 2.42. The molecule has 4 N–H and O–H groups in total. The lowest BCUT2D eigenvalue weighted by Gasteiger charge is -2.22. The Morgan fingerprint density at radius 3 is 2.67 bits per heavy atom. The van der Waals surface area contributed by atoms with Crippen molar-refractivity contribution in [3.05, 3.63) is 0 Å². The number of oxime groups is 1. The molecule has 0 aromatic heterocycles. The van der Waals surface area contributed by atoms with E-state index in [9.17, 15) is 0 Å². The smallest absolute Gasteiger partial charge is 0.144 e. The second-order valence-electron chi connectivity index (χ2n) is 5.93. The summed E-state index contributed by atoms with van der Waals surface area (Å²) in [5.74, 6) is 0.316. The first-order chi connectivity index (χ1) is 8.47. The third-order valence-electron chi connectivity index (χ3n) is 3.77. The van der Waals surface area contributed by atoms with Crippen LogP contribution in [0.2, 0.25) is 0 Å². The molecule has 1 aliphatic carbocycles. The lowest BCUT2D eigenvalue weighted by atomic mass is 9.86. The fourth-order valence-corrected chi connectivity index (χ4v) is 2.00. The summed E-state index contributed by atoms with van der Waals surface area (Å²) in [6.07, 6.45) is 4.69. The molecule has 0 bridgehead atoms. The molecule has 1 aliphatic rings. The minimum absolute atomic E-state index is 0.221. The first-order valence-electron chi connectivity index (χ1n) is 6.86. The van der Waals surface area contributed by atoms with E-state index in [1.807, 2.05) is 13.8 Å². The number of nitrogens with one attached hydrogen (secondary N) is 1. The highest BCUT2D eigenvalue weighted by Crippen LogP contribution is 2.24. The van der Waals surface area contributed by atoms with E-state index in [1.165, 1.54) is 12.8 Å². The molecule has 0 unspecified atom stereocenters. The third kappa shape index (κ3) is 5.23. The van der Waals surface area contributed by atoms with Crippen LogP contribution in [0, 0.1) is 5.41 Å². The summed E-state index contributed by atoms with van der Waals surface area (Å²) in [5, 5.41) is 15.2. The molecule has 5 nitrogen and oxygen atoms in total. The summed E-state index contributed by atoms with van der Waals surface area (Å²) in [6, 6.07) is 0.839. The van der Waals surface area contributed by atoms with Crippen LogP contribution in [0.25, 0.3) is 0 Å². The topological polar surface area (TPSA) is 73.9 Å². The average molecular weight is 256 g/mol. The zero-order chi connectivity index (χ0) is 13.6. The van der Waals surface area contributed by atoms with Gasteiger partial charge in [-0.05, 0) is 39.3 Å². The monoisotopic (exact) mass is 256 g/mol. The van der Waals surface area contributed by atoms with Gasteiger partial charge in [-0.3, -0.25) is 0 Å². The Bertz CT molecular complexity index is 274. The first kappa shape index (κ1) is 15.2. The second-order valence-corrected chi connectivity index (χ2v) is 5.93. The molecule has 5 heteroatoms. The maximum Gasteiger partial charge on any atom is 0.144 e. The van der Waals surface area contributed by atoms with Crippen molar-refractivity contribution >= 4 is 5.84 Å². The Morgan fingerprint density at radius 1 is 1.44 bits per heavy atom. The molecule has 106 valence electrons. The van der Waals surface area contributed by atoms with Gasteiger partial charge < -0.3 is 21.2 Å². The quantitative estimate of drug-likeness (QED) is 0.191. The van der Waals surface area contributed by atoms with Crippen molar-refractivity contribution in [1.29, 1.82) is 0 Å². The van der Waals surface area contributed by atoms with Gasteiger partial charge in [0.05, 0.1) is 0 Å². The van der Waals surface area contributed by atoms with Crippen LogP contribution in [0.3, 0.4) is 0 Å². The Balaban J connectivity index is 2.00. The van der Waals surface area contributed by atoms with Crippen molar-refractivity contribution < 1.29 is 5.21 Å². The molecule has 1 rings (SSSR count). The SMILES string of the molecule is CN(CCNCCCC(C)(C)C(N)=NO)C1CC1. The highest BCUT2D eigenvalue weighted by atomic mass is 16.4. The van der Waals surface area contributed by atoms with Gasteiger partial charge in [0.15, 0.2) is 0 Å². The van der Waals surface area contributed by atoms with Gasteiger partial charge in [0, 0.05) is 24.5 Å². The second kappa shape index (κ2) is 6.95. The van der Waals surface area contributed by atoms with Gasteiger partial charge in [0.25, 0.3) is 0 Å². The lowest BCUT2D eigenvalue weighted by molar-refractivity contribution is 0.303. The van der Waals surface area contributed by atoms with E-state index >= 15 is 0 Å². The van der Waals surface area contributed by atoms with Gasteiger partial charge in [0.2, 0.25) is 0 Å². The number of hydrogen-bond donors (Lipinski definition) is 3. The van der Waals surface area contributed by atoms with Crippen molar-refractivity contribution in [3.8, 4) is 0 Å². The molecule has 0 spiro atoms. The molecule has 1 fully saturated rings. The van der Waals surface area contributed by atoms with Crippen molar-refractivity contribution in [2.45, 2.75) is 45.6 Å². The molecular weight excluding hydrogens is 228 g/mol. The van der Waals surface area contributed by atoms with Gasteiger partial charge in [-0.15, -0.1) is 0 Å². The maximum atomic E-state index is 8.67. The normalized spacial score (nSPS) is 17.4. The Labute approximate surface area is 110 Å². The summed E-state index contributed by atoms with van der Waals surface area (Å²) in [6.45, 7) is 7.15. The zero-order valence-electron chi connectivity index (χ0n) is 11.9. The molecule has 0 aliphatic heterocycles. The molecule has 0 saturated heterocycles. The van der Waals surface area contributed by atoms with E-state index in [-0.39, 0.29) is 5.41 Å². The summed E-state index contributed by atoms with van der Waals surface area (Å²) in [7, 11) is 2.20. The summed E-state index contributed by atoms with van der Waals surface area (Å²) < 4.78 is 0. The molecule has 0 amide bonds. The van der Waals surface area contributed by atoms with E-state index in [0.717, 1.165) is 38.5 Å². The van der Waals surface area contributed by atoms with Crippen molar-refractivity contribution in [2.75, 3.05) is 26.7 Å². The molecule has 0 aromatic carbocycles. The number of hydrogen-bond acceptors (Lipinski definition) is 4. The van der Waals surface area contributed by atoms with Gasteiger partial charge in [-0.1, -0.05) is 19.0 Å². The third-order valence-corrected chi connectivity index (χ3v) is 3.77. The maximum absolute atomic E-state index is 8.67.